The van der Waals surface area contributed by atoms with Crippen LogP contribution in [0.25, 0.3) is 0 Å². The zero-order valence-electron chi connectivity index (χ0n) is 26.6. The fourth-order valence-corrected chi connectivity index (χ4v) is 7.86. The summed E-state index contributed by atoms with van der Waals surface area (Å²) in [7, 11) is -1.00. The number of urea groups is 1. The quantitative estimate of drug-likeness (QED) is 0.0771. The number of phenolic OH excluding ortho intramolecular Hbond substituents is 1. The number of anilines is 2. The topological polar surface area (TPSA) is 203 Å². The van der Waals surface area contributed by atoms with Gasteiger partial charge in [-0.2, -0.15) is 0 Å². The first kappa shape index (κ1) is 45.6. The Labute approximate surface area is 320 Å². The van der Waals surface area contributed by atoms with Gasteiger partial charge in [-0.1, -0.05) is 64.1 Å². The molecule has 0 saturated carbocycles. The number of likely N-dealkylation sites (N-methyl/N-ethyl adjacent to an activating group) is 2. The van der Waals surface area contributed by atoms with Gasteiger partial charge in [-0.15, -0.1) is 12.4 Å². The normalized spacial score (nSPS) is 11.4. The number of halogens is 6. The predicted molar refractivity (Wildman–Crippen MR) is 200 cm³/mol. The summed E-state index contributed by atoms with van der Waals surface area (Å²) < 4.78 is 53.9. The van der Waals surface area contributed by atoms with Crippen molar-refractivity contribution >= 4 is 114 Å². The van der Waals surface area contributed by atoms with Crippen molar-refractivity contribution in [3.05, 3.63) is 77.7 Å². The van der Waals surface area contributed by atoms with E-state index in [9.17, 15) is 36.9 Å². The Morgan fingerprint density at radius 3 is 1.74 bits per heavy atom. The van der Waals surface area contributed by atoms with Gasteiger partial charge in [0.25, 0.3) is 5.69 Å². The Balaban J connectivity index is 0.000000524. The number of sulfonamides is 2. The number of benzene rings is 3. The molecule has 2 amide bonds. The first-order valence-electron chi connectivity index (χ1n) is 13.6. The highest BCUT2D eigenvalue weighted by Gasteiger charge is 2.28. The molecule has 0 aromatic heterocycles. The van der Waals surface area contributed by atoms with Crippen molar-refractivity contribution in [2.75, 3.05) is 65.0 Å². The lowest BCUT2D eigenvalue weighted by molar-refractivity contribution is -0.384. The highest BCUT2D eigenvalue weighted by Crippen LogP contribution is 2.38. The largest absolute Gasteiger partial charge is 0.504 e. The van der Waals surface area contributed by atoms with E-state index in [0.29, 0.717) is 13.1 Å². The van der Waals surface area contributed by atoms with Crippen LogP contribution < -0.4 is 20.1 Å². The Bertz CT molecular complexity index is 1900. The molecule has 0 aliphatic heterocycles. The molecule has 5 N–H and O–H groups in total. The molecular formula is C27H33Cl6N7O8S2. The van der Waals surface area contributed by atoms with Crippen molar-refractivity contribution in [3.63, 3.8) is 0 Å². The Morgan fingerprint density at radius 1 is 0.740 bits per heavy atom. The second-order valence-electron chi connectivity index (χ2n) is 10.3. The highest BCUT2D eigenvalue weighted by atomic mass is 35.5. The minimum Gasteiger partial charge on any atom is -0.504 e. The van der Waals surface area contributed by atoms with Gasteiger partial charge in [0.05, 0.1) is 36.4 Å². The maximum absolute atomic E-state index is 12.5. The number of aromatic hydroxyl groups is 1. The zero-order chi connectivity index (χ0) is 37.3. The third-order valence-corrected chi connectivity index (χ3v) is 11.2. The number of nitro benzene ring substituents is 1. The Morgan fingerprint density at radius 2 is 1.22 bits per heavy atom. The van der Waals surface area contributed by atoms with E-state index in [4.69, 9.17) is 58.0 Å². The second-order valence-corrected chi connectivity index (χ2v) is 15.7. The third kappa shape index (κ3) is 13.0. The van der Waals surface area contributed by atoms with Crippen molar-refractivity contribution in [2.24, 2.45) is 0 Å². The summed E-state index contributed by atoms with van der Waals surface area (Å²) in [4.78, 5) is 24.8. The molecule has 0 unspecified atom stereocenters. The number of carbonyl (C=O) groups excluding carboxylic acids is 1. The highest BCUT2D eigenvalue weighted by molar-refractivity contribution is 7.90. The first-order valence-corrected chi connectivity index (χ1v) is 18.5. The van der Waals surface area contributed by atoms with E-state index >= 15 is 0 Å². The number of nitrogens with one attached hydrogen (secondary N) is 4. The maximum Gasteiger partial charge on any atom is 0.323 e. The first-order chi connectivity index (χ1) is 22.7. The summed E-state index contributed by atoms with van der Waals surface area (Å²) in [5, 5.41) is 25.5. The van der Waals surface area contributed by atoms with Crippen LogP contribution >= 0.6 is 70.4 Å². The summed E-state index contributed by atoms with van der Waals surface area (Å²) in [5.74, 6) is -0.692. The third-order valence-electron chi connectivity index (χ3n) is 6.00. The molecule has 23 heteroatoms. The fraction of sp³-hybridized carbons (Fsp3) is 0.296. The molecular weight excluding hydrogens is 827 g/mol. The molecule has 50 heavy (non-hydrogen) atoms. The van der Waals surface area contributed by atoms with Gasteiger partial charge in [0.15, 0.2) is 5.75 Å². The van der Waals surface area contributed by atoms with Gasteiger partial charge in [-0.3, -0.25) is 10.1 Å². The summed E-state index contributed by atoms with van der Waals surface area (Å²) in [6, 6.07) is 8.62. The number of nitrogens with zero attached hydrogens (tertiary/aromatic N) is 3. The number of rotatable bonds is 13. The van der Waals surface area contributed by atoms with Crippen LogP contribution in [0.3, 0.4) is 0 Å². The van der Waals surface area contributed by atoms with Crippen molar-refractivity contribution < 1.29 is 31.7 Å². The van der Waals surface area contributed by atoms with Gasteiger partial charge < -0.3 is 25.5 Å². The average Bonchev–Trinajstić information content (AvgIpc) is 2.96. The lowest BCUT2D eigenvalue weighted by Crippen LogP contribution is -2.31. The molecule has 15 nitrogen and oxygen atoms in total. The molecule has 0 atom stereocenters. The molecule has 0 aliphatic rings. The van der Waals surface area contributed by atoms with Crippen molar-refractivity contribution in [1.29, 1.82) is 0 Å². The van der Waals surface area contributed by atoms with E-state index in [0.717, 1.165) is 12.1 Å². The van der Waals surface area contributed by atoms with E-state index in [2.05, 4.69) is 20.1 Å². The van der Waals surface area contributed by atoms with E-state index in [1.807, 2.05) is 0 Å². The van der Waals surface area contributed by atoms with E-state index in [-0.39, 0.29) is 57.0 Å². The van der Waals surface area contributed by atoms with Crippen LogP contribution in [-0.2, 0) is 20.0 Å². The number of nitro groups is 1. The van der Waals surface area contributed by atoms with Crippen LogP contribution in [0.2, 0.25) is 25.1 Å². The summed E-state index contributed by atoms with van der Waals surface area (Å²) in [6.07, 6.45) is 0. The van der Waals surface area contributed by atoms with Crippen molar-refractivity contribution in [3.8, 4) is 5.75 Å². The van der Waals surface area contributed by atoms with Gasteiger partial charge in [0, 0.05) is 32.2 Å². The second kappa shape index (κ2) is 20.0. The SMILES string of the molecule is CN(C)CCNS(=O)(=O)c1c(Cl)ccc(NC(=O)Nc2cccc(Cl)c2Cl)c1O.CN(C)CCNS(=O)(=O)c1c(Cl)ccc([N+](=O)[O-])c1Cl.Cl. The lowest BCUT2D eigenvalue weighted by Gasteiger charge is -2.15. The van der Waals surface area contributed by atoms with Crippen LogP contribution in [0.5, 0.6) is 5.75 Å². The van der Waals surface area contributed by atoms with Gasteiger partial charge in [-0.25, -0.2) is 31.1 Å². The van der Waals surface area contributed by atoms with E-state index in [1.165, 1.54) is 18.2 Å². The minimum atomic E-state index is -4.12. The van der Waals surface area contributed by atoms with E-state index in [1.54, 1.807) is 50.1 Å². The zero-order valence-corrected chi connectivity index (χ0v) is 32.9. The Kier molecular flexibility index (Phi) is 18.3. The molecule has 3 rings (SSSR count). The number of hydrogen-bond donors (Lipinski definition) is 5. The fourth-order valence-electron chi connectivity index (χ4n) is 3.64. The monoisotopic (exact) mass is 857 g/mol. The van der Waals surface area contributed by atoms with Crippen LogP contribution in [0.4, 0.5) is 21.9 Å². The molecule has 0 spiro atoms. The number of phenols is 1. The smallest absolute Gasteiger partial charge is 0.323 e. The van der Waals surface area contributed by atoms with Crippen LogP contribution in [0.1, 0.15) is 0 Å². The molecule has 3 aromatic rings. The summed E-state index contributed by atoms with van der Waals surface area (Å²) >= 11 is 29.5. The molecule has 0 bridgehead atoms. The molecule has 0 aliphatic carbocycles. The van der Waals surface area contributed by atoms with Crippen molar-refractivity contribution in [2.45, 2.75) is 9.79 Å². The van der Waals surface area contributed by atoms with Gasteiger partial charge >= 0.3 is 6.03 Å². The van der Waals surface area contributed by atoms with Crippen LogP contribution in [-0.4, -0.2) is 97.1 Å². The molecule has 0 radical (unpaired) electrons. The number of amides is 2. The van der Waals surface area contributed by atoms with Gasteiger partial charge in [0.2, 0.25) is 20.0 Å². The van der Waals surface area contributed by atoms with Crippen molar-refractivity contribution in [1.82, 2.24) is 19.2 Å². The Hall–Kier alpha value is -2.39. The molecule has 0 heterocycles. The number of carbonyl (C=O) groups is 1. The molecule has 278 valence electrons. The maximum atomic E-state index is 12.5. The minimum absolute atomic E-state index is 0. The molecule has 3 aromatic carbocycles. The van der Waals surface area contributed by atoms with E-state index < -0.39 is 57.3 Å². The molecule has 0 saturated heterocycles. The number of hydrogen-bond acceptors (Lipinski definition) is 10. The van der Waals surface area contributed by atoms with Gasteiger partial charge in [0.1, 0.15) is 14.8 Å². The average molecular weight is 860 g/mol. The van der Waals surface area contributed by atoms with Crippen LogP contribution in [0.15, 0.2) is 52.3 Å². The summed E-state index contributed by atoms with van der Waals surface area (Å²) in [6.45, 7) is 1.14. The van der Waals surface area contributed by atoms with Gasteiger partial charge in [-0.05, 0) is 58.5 Å². The standard InChI is InChI=1S/C17H19Cl3N4O4S.C10H13Cl2N3O4S.ClH/c1-24(2)9-8-21-29(27,28)16-11(19)6-7-13(15(16)25)23-17(26)22-12-5-3-4-10(18)14(12)20;1-14(2)6-5-13-20(18,19)10-7(11)3-4-8(9(10)12)15(16)17;/h3-7,21,25H,8-9H2,1-2H3,(H2,22,23,26);3-4,13H,5-6H2,1-2H3;1H. The lowest BCUT2D eigenvalue weighted by atomic mass is 10.3. The summed E-state index contributed by atoms with van der Waals surface area (Å²) in [5.41, 5.74) is -0.426. The van der Waals surface area contributed by atoms with Crippen LogP contribution in [0, 0.1) is 10.1 Å². The predicted octanol–water partition coefficient (Wildman–Crippen LogP) is 6.00. The molecule has 0 fully saturated rings.